The van der Waals surface area contributed by atoms with Crippen LogP contribution in [0.25, 0.3) is 0 Å². The van der Waals surface area contributed by atoms with Gasteiger partial charge in [-0.05, 0) is 0 Å². The molecule has 0 fully saturated rings. The lowest BCUT2D eigenvalue weighted by Gasteiger charge is -2.06. The van der Waals surface area contributed by atoms with E-state index in [1.165, 1.54) is 0 Å². The summed E-state index contributed by atoms with van der Waals surface area (Å²) >= 11 is 3.79. The minimum Gasteiger partial charge on any atom is -0.294 e. The fraction of sp³-hybridized carbons (Fsp3) is 0.500. The van der Waals surface area contributed by atoms with Crippen molar-refractivity contribution < 1.29 is 9.59 Å². The molecule has 0 aromatic carbocycles. The maximum Gasteiger partial charge on any atom is 0.247 e. The average molecular weight is 178 g/mol. The molecule has 0 aliphatic rings. The lowest BCUT2D eigenvalue weighted by molar-refractivity contribution is -0.125. The van der Waals surface area contributed by atoms with Crippen molar-refractivity contribution in [3.8, 4) is 0 Å². The van der Waals surface area contributed by atoms with Crippen LogP contribution in [0.15, 0.2) is 0 Å². The molecule has 0 aromatic heterocycles. The second-order valence-electron chi connectivity index (χ2n) is 1.80. The van der Waals surface area contributed by atoms with Crippen LogP contribution in [0.5, 0.6) is 0 Å². The van der Waals surface area contributed by atoms with Crippen LogP contribution in [-0.2, 0) is 9.59 Å². The summed E-state index contributed by atoms with van der Waals surface area (Å²) in [4.78, 5) is 21.2. The Morgan fingerprint density at radius 1 is 1.36 bits per heavy atom. The Bertz CT molecular complexity index is 162. The average Bonchev–Trinajstić information content (AvgIpc) is 2.02. The van der Waals surface area contributed by atoms with E-state index in [0.717, 1.165) is 0 Å². The summed E-state index contributed by atoms with van der Waals surface area (Å²) in [5.41, 5.74) is 3.72. The first-order valence-corrected chi connectivity index (χ1v) is 3.31. The fourth-order valence-electron chi connectivity index (χ4n) is 0.423. The van der Waals surface area contributed by atoms with Crippen molar-refractivity contribution in [1.29, 1.82) is 0 Å². The molecule has 0 heterocycles. The molecular formula is C4H10N4O2S. The lowest BCUT2D eigenvalue weighted by Crippen LogP contribution is -2.40. The number of carbonyl (C=O) groups is 2. The van der Waals surface area contributed by atoms with Gasteiger partial charge in [0, 0.05) is 6.42 Å². The second kappa shape index (κ2) is 4.94. The van der Waals surface area contributed by atoms with Crippen molar-refractivity contribution in [2.24, 2.45) is 11.7 Å². The Morgan fingerprint density at radius 3 is 2.27 bits per heavy atom. The number of nitrogens with one attached hydrogen (secondary N) is 2. The maximum atomic E-state index is 10.6. The monoisotopic (exact) mass is 178 g/mol. The van der Waals surface area contributed by atoms with Gasteiger partial charge in [0.25, 0.3) is 0 Å². The second-order valence-corrected chi connectivity index (χ2v) is 2.42. The molecule has 2 amide bonds. The number of hydrogen-bond acceptors (Lipinski definition) is 5. The summed E-state index contributed by atoms with van der Waals surface area (Å²) in [5, 5.41) is -0.761. The third-order valence-corrected chi connectivity index (χ3v) is 1.40. The molecular weight excluding hydrogens is 168 g/mol. The smallest absolute Gasteiger partial charge is 0.247 e. The Morgan fingerprint density at radius 2 is 1.91 bits per heavy atom. The molecule has 0 radical (unpaired) electrons. The number of carbonyl (C=O) groups excluding carboxylic acids is 2. The van der Waals surface area contributed by atoms with E-state index < -0.39 is 17.1 Å². The molecule has 0 aliphatic heterocycles. The van der Waals surface area contributed by atoms with E-state index in [4.69, 9.17) is 11.7 Å². The van der Waals surface area contributed by atoms with E-state index >= 15 is 0 Å². The first kappa shape index (κ1) is 10.2. The molecule has 6 N–H and O–H groups in total. The minimum absolute atomic E-state index is 0.0946. The molecule has 64 valence electrons. The van der Waals surface area contributed by atoms with Crippen LogP contribution in [-0.4, -0.2) is 17.1 Å². The lowest BCUT2D eigenvalue weighted by atomic mass is 10.3. The summed E-state index contributed by atoms with van der Waals surface area (Å²) in [6.45, 7) is 0. The quantitative estimate of drug-likeness (QED) is 0.144. The summed E-state index contributed by atoms with van der Waals surface area (Å²) in [7, 11) is 0. The molecule has 0 aromatic rings. The molecule has 0 spiro atoms. The number of nitrogens with two attached hydrogens (primary N) is 2. The topological polar surface area (TPSA) is 110 Å². The van der Waals surface area contributed by atoms with Crippen LogP contribution < -0.4 is 22.5 Å². The standard InChI is InChI=1S/C4H10N4O2S/c5-7-3(9)1-2(11)4(10)8-6/h2,11H,1,5-6H2,(H,7,9)(H,8,10). The molecule has 0 bridgehead atoms. The molecule has 0 aliphatic carbocycles. The number of amides is 2. The molecule has 1 atom stereocenters. The predicted octanol–water partition coefficient (Wildman–Crippen LogP) is -2.35. The van der Waals surface area contributed by atoms with Crippen molar-refractivity contribution in [2.75, 3.05) is 0 Å². The Hall–Kier alpha value is -0.790. The van der Waals surface area contributed by atoms with Crippen LogP contribution in [0.2, 0.25) is 0 Å². The van der Waals surface area contributed by atoms with Gasteiger partial charge >= 0.3 is 0 Å². The van der Waals surface area contributed by atoms with Gasteiger partial charge in [0.05, 0.1) is 5.25 Å². The van der Waals surface area contributed by atoms with E-state index in [0.29, 0.717) is 0 Å². The molecule has 6 nitrogen and oxygen atoms in total. The predicted molar refractivity (Wildman–Crippen MR) is 42.1 cm³/mol. The van der Waals surface area contributed by atoms with Crippen LogP contribution >= 0.6 is 12.6 Å². The zero-order valence-corrected chi connectivity index (χ0v) is 6.60. The van der Waals surface area contributed by atoms with E-state index in [1.807, 2.05) is 10.9 Å². The van der Waals surface area contributed by atoms with Crippen molar-refractivity contribution in [1.82, 2.24) is 10.9 Å². The summed E-state index contributed by atoms with van der Waals surface area (Å²) < 4.78 is 0. The van der Waals surface area contributed by atoms with Crippen LogP contribution in [0, 0.1) is 0 Å². The van der Waals surface area contributed by atoms with Crippen molar-refractivity contribution in [2.45, 2.75) is 11.7 Å². The molecule has 11 heavy (non-hydrogen) atoms. The number of hydrazine groups is 2. The van der Waals surface area contributed by atoms with Crippen molar-refractivity contribution in [3.05, 3.63) is 0 Å². The van der Waals surface area contributed by atoms with E-state index in [2.05, 4.69) is 12.6 Å². The zero-order valence-electron chi connectivity index (χ0n) is 5.70. The van der Waals surface area contributed by atoms with Crippen LogP contribution in [0.3, 0.4) is 0 Å². The third-order valence-electron chi connectivity index (χ3n) is 0.985. The molecule has 7 heteroatoms. The summed E-state index contributed by atoms with van der Waals surface area (Å²) in [5.74, 6) is 8.56. The van der Waals surface area contributed by atoms with Crippen LogP contribution in [0.4, 0.5) is 0 Å². The minimum atomic E-state index is -0.761. The Labute approximate surface area is 69.0 Å². The largest absolute Gasteiger partial charge is 0.294 e. The van der Waals surface area contributed by atoms with E-state index in [9.17, 15) is 9.59 Å². The highest BCUT2D eigenvalue weighted by Gasteiger charge is 2.15. The van der Waals surface area contributed by atoms with Gasteiger partial charge < -0.3 is 0 Å². The summed E-state index contributed by atoms with van der Waals surface area (Å²) in [6, 6.07) is 0. The Balaban J connectivity index is 3.77. The van der Waals surface area contributed by atoms with Gasteiger partial charge in [-0.1, -0.05) is 0 Å². The van der Waals surface area contributed by atoms with E-state index in [1.54, 1.807) is 0 Å². The highest BCUT2D eigenvalue weighted by molar-refractivity contribution is 7.81. The van der Waals surface area contributed by atoms with Crippen LogP contribution in [0.1, 0.15) is 6.42 Å². The van der Waals surface area contributed by atoms with E-state index in [-0.39, 0.29) is 6.42 Å². The van der Waals surface area contributed by atoms with Gasteiger partial charge in [-0.3, -0.25) is 20.4 Å². The highest BCUT2D eigenvalue weighted by atomic mass is 32.1. The number of rotatable bonds is 3. The third kappa shape index (κ3) is 3.81. The summed E-state index contributed by atoms with van der Waals surface area (Å²) in [6.07, 6.45) is -0.0946. The van der Waals surface area contributed by atoms with Gasteiger partial charge in [0.15, 0.2) is 0 Å². The van der Waals surface area contributed by atoms with Gasteiger partial charge in [-0.15, -0.1) is 0 Å². The molecule has 0 rings (SSSR count). The first-order chi connectivity index (χ1) is 5.11. The van der Waals surface area contributed by atoms with Gasteiger partial charge in [-0.2, -0.15) is 12.6 Å². The molecule has 1 unspecified atom stereocenters. The van der Waals surface area contributed by atoms with Crippen molar-refractivity contribution in [3.63, 3.8) is 0 Å². The first-order valence-electron chi connectivity index (χ1n) is 2.79. The maximum absolute atomic E-state index is 10.6. The highest BCUT2D eigenvalue weighted by Crippen LogP contribution is 1.99. The van der Waals surface area contributed by atoms with Gasteiger partial charge in [0.2, 0.25) is 11.8 Å². The zero-order chi connectivity index (χ0) is 8.85. The Kier molecular flexibility index (Phi) is 4.59. The van der Waals surface area contributed by atoms with Gasteiger partial charge in [0.1, 0.15) is 0 Å². The SMILES string of the molecule is NNC(=O)CC(S)C(=O)NN. The van der Waals surface area contributed by atoms with Gasteiger partial charge in [-0.25, -0.2) is 11.7 Å². The normalized spacial score (nSPS) is 11.9. The molecule has 0 saturated heterocycles. The van der Waals surface area contributed by atoms with Crippen molar-refractivity contribution >= 4 is 24.4 Å². The number of thiol groups is 1. The fourth-order valence-corrected chi connectivity index (χ4v) is 0.664. The molecule has 0 saturated carbocycles. The number of hydrogen-bond donors (Lipinski definition) is 5.